The number of aromatic nitrogens is 1. The van der Waals surface area contributed by atoms with Gasteiger partial charge in [0.25, 0.3) is 0 Å². The number of benzene rings is 3. The zero-order valence-corrected chi connectivity index (χ0v) is 24.9. The Hall–Kier alpha value is -3.88. The van der Waals surface area contributed by atoms with Crippen LogP contribution in [0, 0.1) is 5.92 Å². The van der Waals surface area contributed by atoms with Gasteiger partial charge in [-0.05, 0) is 60.2 Å². The van der Waals surface area contributed by atoms with Gasteiger partial charge in [0.2, 0.25) is 17.7 Å². The lowest BCUT2D eigenvalue weighted by atomic mass is 9.83. The zero-order valence-electron chi connectivity index (χ0n) is 21.7. The number of hydrogen-bond acceptors (Lipinski definition) is 7. The standard InChI is InChI=1S/C29H19BrF3N3O5S2/c30-16-6-8-18(9-7-16)36-25(39)22-21(14-4-10-19(37)11-5-14)24-27(42-23(22)26(36)40)35(28(41)43-24)13-20(38)34-17-3-1-2-15(12-17)29(31,32)33/h1-12,21-23,37H,13H2,(H,34,38). The van der Waals surface area contributed by atoms with Crippen molar-refractivity contribution in [1.29, 1.82) is 0 Å². The minimum atomic E-state index is -4.60. The number of rotatable bonds is 5. The maximum atomic E-state index is 13.9. The molecule has 14 heteroatoms. The molecule has 1 saturated heterocycles. The van der Waals surface area contributed by atoms with Crippen molar-refractivity contribution in [3.63, 3.8) is 0 Å². The van der Waals surface area contributed by atoms with Crippen molar-refractivity contribution >= 4 is 68.1 Å². The lowest BCUT2D eigenvalue weighted by Crippen LogP contribution is -2.33. The zero-order chi connectivity index (χ0) is 30.6. The van der Waals surface area contributed by atoms with Crippen LogP contribution in [0.15, 0.2) is 87.1 Å². The molecule has 0 aliphatic carbocycles. The number of imide groups is 1. The molecule has 1 fully saturated rings. The number of aromatic hydroxyl groups is 1. The average Bonchev–Trinajstić information content (AvgIpc) is 3.40. The van der Waals surface area contributed by atoms with E-state index in [0.717, 1.165) is 50.7 Å². The molecule has 3 aromatic carbocycles. The van der Waals surface area contributed by atoms with E-state index in [9.17, 15) is 37.5 Å². The molecule has 8 nitrogen and oxygen atoms in total. The number of phenolic OH excluding ortho intramolecular Hbond substituents is 1. The van der Waals surface area contributed by atoms with Crippen LogP contribution in [0.1, 0.15) is 21.9 Å². The summed E-state index contributed by atoms with van der Waals surface area (Å²) in [6.45, 7) is -0.522. The van der Waals surface area contributed by atoms with Gasteiger partial charge in [0.05, 0.1) is 22.2 Å². The molecule has 0 bridgehead atoms. The maximum absolute atomic E-state index is 13.9. The molecule has 2 aliphatic rings. The molecule has 0 spiro atoms. The Morgan fingerprint density at radius 3 is 2.35 bits per heavy atom. The van der Waals surface area contributed by atoms with Crippen LogP contribution in [-0.2, 0) is 27.1 Å². The molecule has 2 N–H and O–H groups in total. The van der Waals surface area contributed by atoms with Crippen LogP contribution in [0.4, 0.5) is 24.5 Å². The fraction of sp³-hybridized carbons (Fsp3) is 0.172. The molecule has 3 unspecified atom stereocenters. The van der Waals surface area contributed by atoms with Crippen LogP contribution in [0.2, 0.25) is 0 Å². The third-order valence-electron chi connectivity index (χ3n) is 7.16. The van der Waals surface area contributed by atoms with Crippen LogP contribution in [-0.4, -0.2) is 32.6 Å². The first kappa shape index (κ1) is 29.2. The topological polar surface area (TPSA) is 109 Å². The summed E-state index contributed by atoms with van der Waals surface area (Å²) in [5.41, 5.74) is -0.0457. The molecule has 0 saturated carbocycles. The predicted molar refractivity (Wildman–Crippen MR) is 158 cm³/mol. The summed E-state index contributed by atoms with van der Waals surface area (Å²) in [5.74, 6) is -3.27. The van der Waals surface area contributed by atoms with E-state index < -0.39 is 58.0 Å². The van der Waals surface area contributed by atoms with Crippen molar-refractivity contribution in [1.82, 2.24) is 4.57 Å². The number of nitrogens with one attached hydrogen (secondary N) is 1. The van der Waals surface area contributed by atoms with E-state index in [4.69, 9.17) is 0 Å². The fourth-order valence-corrected chi connectivity index (χ4v) is 8.30. The molecule has 6 rings (SSSR count). The number of alkyl halides is 3. The van der Waals surface area contributed by atoms with Gasteiger partial charge in [0.15, 0.2) is 0 Å². The number of phenols is 1. The van der Waals surface area contributed by atoms with Crippen LogP contribution >= 0.6 is 39.0 Å². The lowest BCUT2D eigenvalue weighted by Gasteiger charge is -2.30. The van der Waals surface area contributed by atoms with Crippen molar-refractivity contribution < 1.29 is 32.7 Å². The summed E-state index contributed by atoms with van der Waals surface area (Å²) < 4.78 is 41.4. The number of thioether (sulfide) groups is 1. The SMILES string of the molecule is O=C(Cn1c2c(sc1=O)C(c1ccc(O)cc1)C1C(=O)N(c3ccc(Br)cc3)C(=O)C1S2)Nc1cccc(C(F)(F)F)c1. The summed E-state index contributed by atoms with van der Waals surface area (Å²) in [6.07, 6.45) is -4.60. The second-order valence-corrected chi connectivity index (χ2v) is 12.9. The molecule has 3 atom stereocenters. The van der Waals surface area contributed by atoms with Gasteiger partial charge >= 0.3 is 11.0 Å². The van der Waals surface area contributed by atoms with Gasteiger partial charge in [0, 0.05) is 21.0 Å². The third-order valence-corrected chi connectivity index (χ3v) is 10.3. The fourth-order valence-electron chi connectivity index (χ4n) is 5.26. The van der Waals surface area contributed by atoms with E-state index in [2.05, 4.69) is 21.2 Å². The Labute approximate surface area is 258 Å². The van der Waals surface area contributed by atoms with Crippen molar-refractivity contribution in [2.75, 3.05) is 10.2 Å². The van der Waals surface area contributed by atoms with Crippen molar-refractivity contribution in [2.45, 2.75) is 28.9 Å². The molecule has 2 aliphatic heterocycles. The van der Waals surface area contributed by atoms with Gasteiger partial charge in [-0.1, -0.05) is 57.2 Å². The number of hydrogen-bond donors (Lipinski definition) is 2. The van der Waals surface area contributed by atoms with E-state index in [-0.39, 0.29) is 11.4 Å². The molecule has 1 aromatic heterocycles. The van der Waals surface area contributed by atoms with Gasteiger partial charge in [-0.2, -0.15) is 13.2 Å². The number of amides is 3. The molecule has 220 valence electrons. The number of carbonyl (C=O) groups is 3. The van der Waals surface area contributed by atoms with Crippen molar-refractivity contribution in [3.05, 3.63) is 103 Å². The summed E-state index contributed by atoms with van der Waals surface area (Å²) in [5, 5.41) is 11.7. The lowest BCUT2D eigenvalue weighted by molar-refractivity contribution is -0.137. The van der Waals surface area contributed by atoms with Crippen LogP contribution in [0.3, 0.4) is 0 Å². The summed E-state index contributed by atoms with van der Waals surface area (Å²) in [4.78, 5) is 54.9. The number of fused-ring (bicyclic) bond motifs is 2. The summed E-state index contributed by atoms with van der Waals surface area (Å²) in [6, 6.07) is 17.0. The third kappa shape index (κ3) is 5.38. The number of nitrogens with zero attached hydrogens (tertiary/aromatic N) is 2. The number of anilines is 2. The van der Waals surface area contributed by atoms with E-state index >= 15 is 0 Å². The van der Waals surface area contributed by atoms with E-state index in [1.807, 2.05) is 0 Å². The van der Waals surface area contributed by atoms with Gasteiger partial charge in [0.1, 0.15) is 17.5 Å². The maximum Gasteiger partial charge on any atom is 0.416 e. The first-order valence-electron chi connectivity index (χ1n) is 12.7. The number of thiazole rings is 1. The largest absolute Gasteiger partial charge is 0.508 e. The Morgan fingerprint density at radius 2 is 1.67 bits per heavy atom. The van der Waals surface area contributed by atoms with Gasteiger partial charge in [-0.3, -0.25) is 23.7 Å². The Morgan fingerprint density at radius 1 is 0.977 bits per heavy atom. The second-order valence-electron chi connectivity index (χ2n) is 9.87. The second kappa shape index (κ2) is 11.0. The normalized spacial score (nSPS) is 19.7. The molecular formula is C29H19BrF3N3O5S2. The summed E-state index contributed by atoms with van der Waals surface area (Å²) in [7, 11) is 0. The molecule has 43 heavy (non-hydrogen) atoms. The first-order valence-corrected chi connectivity index (χ1v) is 15.2. The Bertz CT molecular complexity index is 1820. The van der Waals surface area contributed by atoms with Crippen molar-refractivity contribution in [3.8, 4) is 5.75 Å². The predicted octanol–water partition coefficient (Wildman–Crippen LogP) is 5.83. The van der Waals surface area contributed by atoms with Crippen LogP contribution in [0.5, 0.6) is 5.75 Å². The highest BCUT2D eigenvalue weighted by molar-refractivity contribution is 9.10. The smallest absolute Gasteiger partial charge is 0.416 e. The van der Waals surface area contributed by atoms with Crippen LogP contribution in [0.25, 0.3) is 0 Å². The van der Waals surface area contributed by atoms with Gasteiger partial charge < -0.3 is 10.4 Å². The highest BCUT2D eigenvalue weighted by Crippen LogP contribution is 2.54. The number of carbonyl (C=O) groups excluding carboxylic acids is 3. The van der Waals surface area contributed by atoms with E-state index in [0.29, 0.717) is 21.2 Å². The van der Waals surface area contributed by atoms with Gasteiger partial charge in [-0.25, -0.2) is 4.90 Å². The van der Waals surface area contributed by atoms with Crippen molar-refractivity contribution in [2.24, 2.45) is 5.92 Å². The molecular weight excluding hydrogens is 671 g/mol. The molecule has 3 heterocycles. The molecule has 3 amide bonds. The Kier molecular flexibility index (Phi) is 7.47. The highest BCUT2D eigenvalue weighted by Gasteiger charge is 2.56. The van der Waals surface area contributed by atoms with Gasteiger partial charge in [-0.15, -0.1) is 0 Å². The minimum absolute atomic E-state index is 0.00644. The average molecular weight is 691 g/mol. The first-order chi connectivity index (χ1) is 20.4. The number of halogens is 4. The monoisotopic (exact) mass is 689 g/mol. The highest BCUT2D eigenvalue weighted by atomic mass is 79.9. The van der Waals surface area contributed by atoms with Crippen LogP contribution < -0.4 is 15.1 Å². The van der Waals surface area contributed by atoms with E-state index in [1.54, 1.807) is 36.4 Å². The Balaban J connectivity index is 1.37. The molecule has 0 radical (unpaired) electrons. The quantitative estimate of drug-likeness (QED) is 0.255. The van der Waals surface area contributed by atoms with E-state index in [1.165, 1.54) is 22.8 Å². The molecule has 4 aromatic rings. The minimum Gasteiger partial charge on any atom is -0.508 e. The summed E-state index contributed by atoms with van der Waals surface area (Å²) >= 11 is 5.20.